The van der Waals surface area contributed by atoms with Crippen molar-refractivity contribution >= 4 is 39.7 Å². The van der Waals surface area contributed by atoms with Crippen LogP contribution in [0.3, 0.4) is 0 Å². The van der Waals surface area contributed by atoms with Gasteiger partial charge in [-0.3, -0.25) is 5.10 Å². The number of nitrogens with zero attached hydrogens (tertiary/aromatic N) is 5. The molecule has 164 valence electrons. The van der Waals surface area contributed by atoms with E-state index in [-0.39, 0.29) is 0 Å². The first-order valence-corrected chi connectivity index (χ1v) is 11.1. The van der Waals surface area contributed by atoms with Gasteiger partial charge in [0.2, 0.25) is 5.95 Å². The highest BCUT2D eigenvalue weighted by molar-refractivity contribution is 5.82. The number of aromatic amines is 1. The maximum Gasteiger partial charge on any atom is 0.229 e. The van der Waals surface area contributed by atoms with Gasteiger partial charge in [0.15, 0.2) is 0 Å². The largest absolute Gasteiger partial charge is 0.369 e. The molecule has 0 unspecified atom stereocenters. The van der Waals surface area contributed by atoms with Gasteiger partial charge < -0.3 is 20.4 Å². The summed E-state index contributed by atoms with van der Waals surface area (Å²) in [6.07, 6.45) is 3.64. The van der Waals surface area contributed by atoms with E-state index in [1.165, 1.54) is 5.69 Å². The van der Waals surface area contributed by atoms with Crippen molar-refractivity contribution in [2.45, 2.75) is 13.8 Å². The van der Waals surface area contributed by atoms with E-state index in [0.29, 0.717) is 5.95 Å². The summed E-state index contributed by atoms with van der Waals surface area (Å²) in [6.45, 7) is 9.73. The average molecular weight is 429 g/mol. The highest BCUT2D eigenvalue weighted by Crippen LogP contribution is 2.25. The molecule has 1 aliphatic rings. The zero-order valence-corrected chi connectivity index (χ0v) is 18.5. The summed E-state index contributed by atoms with van der Waals surface area (Å²) in [5.74, 6) is 1.34. The SMILES string of the molecule is CCN1CCN(c2ccc(Nc3ncc(C)c(Nc4ccc5[nH]ncc5c4)n3)cc2)CC1. The molecule has 0 atom stereocenters. The van der Waals surface area contributed by atoms with Gasteiger partial charge in [0.25, 0.3) is 0 Å². The predicted octanol–water partition coefficient (Wildman–Crippen LogP) is 4.29. The van der Waals surface area contributed by atoms with Gasteiger partial charge in [-0.1, -0.05) is 6.92 Å². The van der Waals surface area contributed by atoms with Crippen molar-refractivity contribution in [1.82, 2.24) is 25.1 Å². The van der Waals surface area contributed by atoms with Crippen LogP contribution in [0.15, 0.2) is 54.9 Å². The Morgan fingerprint density at radius 1 is 0.938 bits per heavy atom. The molecule has 2 aromatic heterocycles. The number of hydrogen-bond donors (Lipinski definition) is 3. The van der Waals surface area contributed by atoms with E-state index in [2.05, 4.69) is 71.8 Å². The topological polar surface area (TPSA) is 85.0 Å². The molecule has 3 heterocycles. The molecule has 0 aliphatic carbocycles. The van der Waals surface area contributed by atoms with Gasteiger partial charge in [-0.05, 0) is 55.9 Å². The molecule has 8 heteroatoms. The third-order valence-electron chi connectivity index (χ3n) is 5.98. The van der Waals surface area contributed by atoms with E-state index in [9.17, 15) is 0 Å². The molecule has 0 saturated carbocycles. The van der Waals surface area contributed by atoms with Crippen LogP contribution in [0.5, 0.6) is 0 Å². The highest BCUT2D eigenvalue weighted by atomic mass is 15.3. The van der Waals surface area contributed by atoms with Gasteiger partial charge in [-0.25, -0.2) is 4.98 Å². The molecule has 8 nitrogen and oxygen atoms in total. The first-order chi connectivity index (χ1) is 15.7. The second-order valence-corrected chi connectivity index (χ2v) is 8.12. The number of nitrogens with one attached hydrogen (secondary N) is 3. The molecule has 1 fully saturated rings. The molecular formula is C24H28N8. The van der Waals surface area contributed by atoms with Gasteiger partial charge in [0, 0.05) is 60.4 Å². The minimum Gasteiger partial charge on any atom is -0.369 e. The Kier molecular flexibility index (Phi) is 5.60. The van der Waals surface area contributed by atoms with Crippen LogP contribution in [0.25, 0.3) is 10.9 Å². The van der Waals surface area contributed by atoms with Crippen molar-refractivity contribution in [3.63, 3.8) is 0 Å². The second-order valence-electron chi connectivity index (χ2n) is 8.12. The maximum absolute atomic E-state index is 4.69. The lowest BCUT2D eigenvalue weighted by atomic mass is 10.2. The van der Waals surface area contributed by atoms with Gasteiger partial charge in [-0.2, -0.15) is 10.1 Å². The number of fused-ring (bicyclic) bond motifs is 1. The second kappa shape index (κ2) is 8.84. The molecule has 4 aromatic rings. The zero-order chi connectivity index (χ0) is 21.9. The number of benzene rings is 2. The van der Waals surface area contributed by atoms with Gasteiger partial charge in [0.05, 0.1) is 11.7 Å². The van der Waals surface area contributed by atoms with Crippen molar-refractivity contribution in [2.24, 2.45) is 0 Å². The van der Waals surface area contributed by atoms with Crippen LogP contribution >= 0.6 is 0 Å². The summed E-state index contributed by atoms with van der Waals surface area (Å²) in [6, 6.07) is 14.6. The normalized spacial score (nSPS) is 14.6. The molecular weight excluding hydrogens is 400 g/mol. The fraction of sp³-hybridized carbons (Fsp3) is 0.292. The Hall–Kier alpha value is -3.65. The first kappa shape index (κ1) is 20.3. The van der Waals surface area contributed by atoms with Gasteiger partial charge >= 0.3 is 0 Å². The summed E-state index contributed by atoms with van der Waals surface area (Å²) in [7, 11) is 0. The van der Waals surface area contributed by atoms with E-state index in [4.69, 9.17) is 0 Å². The number of piperazine rings is 1. The Morgan fingerprint density at radius 3 is 2.50 bits per heavy atom. The van der Waals surface area contributed by atoms with Crippen LogP contribution in [0.1, 0.15) is 12.5 Å². The minimum absolute atomic E-state index is 0.562. The van der Waals surface area contributed by atoms with Crippen LogP contribution in [-0.4, -0.2) is 57.8 Å². The summed E-state index contributed by atoms with van der Waals surface area (Å²) in [4.78, 5) is 14.1. The lowest BCUT2D eigenvalue weighted by Crippen LogP contribution is -2.46. The average Bonchev–Trinajstić information content (AvgIpc) is 3.30. The summed E-state index contributed by atoms with van der Waals surface area (Å²) < 4.78 is 0. The van der Waals surface area contributed by atoms with E-state index in [1.54, 1.807) is 0 Å². The number of hydrogen-bond acceptors (Lipinski definition) is 7. The Morgan fingerprint density at radius 2 is 1.72 bits per heavy atom. The molecule has 1 aliphatic heterocycles. The molecule has 3 N–H and O–H groups in total. The Labute approximate surface area is 187 Å². The van der Waals surface area contributed by atoms with Crippen LogP contribution in [0, 0.1) is 6.92 Å². The molecule has 5 rings (SSSR count). The van der Waals surface area contributed by atoms with Crippen molar-refractivity contribution in [3.8, 4) is 0 Å². The third kappa shape index (κ3) is 4.36. The standard InChI is InChI=1S/C24H28N8/c1-3-31-10-12-32(13-11-31)21-7-4-19(5-8-21)28-24-25-15-17(2)23(29-24)27-20-6-9-22-18(14-20)16-26-30-22/h4-9,14-16H,3,10-13H2,1-2H3,(H,26,30)(H2,25,27,28,29). The van der Waals surface area contributed by atoms with Gasteiger partial charge in [-0.15, -0.1) is 0 Å². The number of likely N-dealkylation sites (N-methyl/N-ethyl adjacent to an activating group) is 1. The molecule has 0 spiro atoms. The lowest BCUT2D eigenvalue weighted by Gasteiger charge is -2.35. The third-order valence-corrected chi connectivity index (χ3v) is 5.98. The summed E-state index contributed by atoms with van der Waals surface area (Å²) in [5.41, 5.74) is 5.17. The Bertz CT molecular complexity index is 1190. The maximum atomic E-state index is 4.69. The predicted molar refractivity (Wildman–Crippen MR) is 130 cm³/mol. The van der Waals surface area contributed by atoms with Crippen LogP contribution in [0.2, 0.25) is 0 Å². The van der Waals surface area contributed by atoms with Crippen LogP contribution < -0.4 is 15.5 Å². The fourth-order valence-electron chi connectivity index (χ4n) is 3.99. The summed E-state index contributed by atoms with van der Waals surface area (Å²) in [5, 5.41) is 14.8. The molecule has 0 radical (unpaired) electrons. The molecule has 0 bridgehead atoms. The molecule has 0 amide bonds. The molecule has 1 saturated heterocycles. The minimum atomic E-state index is 0.562. The van der Waals surface area contributed by atoms with E-state index >= 15 is 0 Å². The number of anilines is 5. The number of H-pyrrole nitrogens is 1. The van der Waals surface area contributed by atoms with Crippen molar-refractivity contribution in [2.75, 3.05) is 48.3 Å². The monoisotopic (exact) mass is 428 g/mol. The lowest BCUT2D eigenvalue weighted by molar-refractivity contribution is 0.271. The van der Waals surface area contributed by atoms with Gasteiger partial charge in [0.1, 0.15) is 5.82 Å². The fourth-order valence-corrected chi connectivity index (χ4v) is 3.99. The molecule has 32 heavy (non-hydrogen) atoms. The number of aryl methyl sites for hydroxylation is 1. The number of aromatic nitrogens is 4. The van der Waals surface area contributed by atoms with Crippen molar-refractivity contribution in [3.05, 3.63) is 60.4 Å². The van der Waals surface area contributed by atoms with E-state index in [1.807, 2.05) is 37.5 Å². The van der Waals surface area contributed by atoms with Crippen LogP contribution in [0.4, 0.5) is 28.8 Å². The van der Waals surface area contributed by atoms with E-state index < -0.39 is 0 Å². The summed E-state index contributed by atoms with van der Waals surface area (Å²) >= 11 is 0. The van der Waals surface area contributed by atoms with Crippen LogP contribution in [-0.2, 0) is 0 Å². The quantitative estimate of drug-likeness (QED) is 0.422. The molecule has 2 aromatic carbocycles. The van der Waals surface area contributed by atoms with Crippen molar-refractivity contribution in [1.29, 1.82) is 0 Å². The Balaban J connectivity index is 1.27. The van der Waals surface area contributed by atoms with E-state index in [0.717, 1.165) is 66.4 Å². The number of rotatable bonds is 6. The zero-order valence-electron chi connectivity index (χ0n) is 18.5. The smallest absolute Gasteiger partial charge is 0.229 e. The highest BCUT2D eigenvalue weighted by Gasteiger charge is 2.15. The van der Waals surface area contributed by atoms with Crippen molar-refractivity contribution < 1.29 is 0 Å². The first-order valence-electron chi connectivity index (χ1n) is 11.1.